The molecule has 0 bridgehead atoms. The molecule has 4 nitrogen and oxygen atoms in total. The van der Waals surface area contributed by atoms with E-state index in [-0.39, 0.29) is 12.2 Å². The summed E-state index contributed by atoms with van der Waals surface area (Å²) in [5.74, 6) is 0.967. The standard InChI is InChI=1S/C17H23NO3/c19-13-4-7-18-6-3-12-9-14(21-15-5-8-20-11-15)1-2-16(12)17(18)10-13/h1-2,9,13,15,17,19H,3-8,10-11H2/t13?,15-,17?/m1/s1. The molecule has 2 saturated heterocycles. The lowest BCUT2D eigenvalue weighted by molar-refractivity contribution is 0.0360. The molecule has 1 N–H and O–H groups in total. The maximum atomic E-state index is 9.95. The number of benzene rings is 1. The van der Waals surface area contributed by atoms with Crippen molar-refractivity contribution in [3.8, 4) is 5.75 Å². The Labute approximate surface area is 125 Å². The fourth-order valence-electron chi connectivity index (χ4n) is 3.85. The second-order valence-electron chi connectivity index (χ2n) is 6.44. The summed E-state index contributed by atoms with van der Waals surface area (Å²) in [6.45, 7) is 3.63. The maximum Gasteiger partial charge on any atom is 0.124 e. The van der Waals surface area contributed by atoms with Gasteiger partial charge in [-0.05, 0) is 42.5 Å². The molecule has 3 aliphatic rings. The SMILES string of the molecule is OC1CCN2CCc3cc(O[C@@H]4CCOC4)ccc3C2C1. The minimum absolute atomic E-state index is 0.149. The predicted octanol–water partition coefficient (Wildman–Crippen LogP) is 1.91. The third-order valence-corrected chi connectivity index (χ3v) is 5.02. The molecule has 3 atom stereocenters. The fraction of sp³-hybridized carbons (Fsp3) is 0.647. The first-order valence-electron chi connectivity index (χ1n) is 8.09. The average molecular weight is 289 g/mol. The lowest BCUT2D eigenvalue weighted by Crippen LogP contribution is -2.42. The number of piperidine rings is 1. The lowest BCUT2D eigenvalue weighted by atomic mass is 9.86. The molecule has 1 aromatic rings. The van der Waals surface area contributed by atoms with Crippen molar-refractivity contribution in [3.05, 3.63) is 29.3 Å². The van der Waals surface area contributed by atoms with Gasteiger partial charge < -0.3 is 14.6 Å². The molecule has 0 amide bonds. The van der Waals surface area contributed by atoms with Crippen molar-refractivity contribution >= 4 is 0 Å². The lowest BCUT2D eigenvalue weighted by Gasteiger charge is -2.42. The highest BCUT2D eigenvalue weighted by molar-refractivity contribution is 5.39. The second kappa shape index (κ2) is 5.59. The Hall–Kier alpha value is -1.10. The van der Waals surface area contributed by atoms with E-state index in [9.17, 15) is 5.11 Å². The Morgan fingerprint density at radius 1 is 1.24 bits per heavy atom. The minimum Gasteiger partial charge on any atom is -0.488 e. The highest BCUT2D eigenvalue weighted by atomic mass is 16.5. The molecule has 0 radical (unpaired) electrons. The number of aliphatic hydroxyl groups excluding tert-OH is 1. The van der Waals surface area contributed by atoms with E-state index in [4.69, 9.17) is 9.47 Å². The molecule has 0 saturated carbocycles. The van der Waals surface area contributed by atoms with E-state index in [1.165, 1.54) is 11.1 Å². The third-order valence-electron chi connectivity index (χ3n) is 5.02. The number of aliphatic hydroxyl groups is 1. The van der Waals surface area contributed by atoms with Crippen LogP contribution in [0.25, 0.3) is 0 Å². The highest BCUT2D eigenvalue weighted by Gasteiger charge is 2.33. The predicted molar refractivity (Wildman–Crippen MR) is 79.6 cm³/mol. The summed E-state index contributed by atoms with van der Waals surface area (Å²) in [4.78, 5) is 2.51. The molecular formula is C17H23NO3. The largest absolute Gasteiger partial charge is 0.488 e. The van der Waals surface area contributed by atoms with Crippen molar-refractivity contribution in [1.82, 2.24) is 4.90 Å². The topological polar surface area (TPSA) is 41.9 Å². The zero-order chi connectivity index (χ0) is 14.2. The van der Waals surface area contributed by atoms with Gasteiger partial charge in [0.1, 0.15) is 11.9 Å². The van der Waals surface area contributed by atoms with Crippen molar-refractivity contribution in [2.75, 3.05) is 26.3 Å². The van der Waals surface area contributed by atoms with Gasteiger partial charge in [-0.1, -0.05) is 6.07 Å². The van der Waals surface area contributed by atoms with E-state index in [2.05, 4.69) is 23.1 Å². The molecule has 0 spiro atoms. The van der Waals surface area contributed by atoms with Crippen molar-refractivity contribution in [2.45, 2.75) is 43.9 Å². The molecule has 4 heteroatoms. The Balaban J connectivity index is 1.55. The van der Waals surface area contributed by atoms with Crippen LogP contribution in [-0.2, 0) is 11.2 Å². The van der Waals surface area contributed by atoms with Gasteiger partial charge in [0.05, 0.1) is 19.3 Å². The van der Waals surface area contributed by atoms with Gasteiger partial charge in [-0.2, -0.15) is 0 Å². The molecule has 114 valence electrons. The maximum absolute atomic E-state index is 9.95. The van der Waals surface area contributed by atoms with Crippen LogP contribution in [0.15, 0.2) is 18.2 Å². The van der Waals surface area contributed by atoms with Crippen LogP contribution in [0.3, 0.4) is 0 Å². The zero-order valence-corrected chi connectivity index (χ0v) is 12.3. The van der Waals surface area contributed by atoms with E-state index in [1.807, 2.05) is 0 Å². The summed E-state index contributed by atoms with van der Waals surface area (Å²) in [7, 11) is 0. The van der Waals surface area contributed by atoms with Crippen molar-refractivity contribution in [1.29, 1.82) is 0 Å². The van der Waals surface area contributed by atoms with Crippen LogP contribution in [-0.4, -0.2) is 48.5 Å². The van der Waals surface area contributed by atoms with E-state index >= 15 is 0 Å². The summed E-state index contributed by atoms with van der Waals surface area (Å²) in [6, 6.07) is 6.88. The average Bonchev–Trinajstić information content (AvgIpc) is 2.99. The first kappa shape index (κ1) is 13.6. The van der Waals surface area contributed by atoms with Crippen LogP contribution in [0.2, 0.25) is 0 Å². The number of fused-ring (bicyclic) bond motifs is 3. The summed E-state index contributed by atoms with van der Waals surface area (Å²) in [5, 5.41) is 9.95. The molecule has 3 heterocycles. The monoisotopic (exact) mass is 289 g/mol. The van der Waals surface area contributed by atoms with Crippen LogP contribution < -0.4 is 4.74 Å². The minimum atomic E-state index is -0.149. The van der Waals surface area contributed by atoms with Gasteiger partial charge in [0.2, 0.25) is 0 Å². The van der Waals surface area contributed by atoms with Crippen LogP contribution in [0.5, 0.6) is 5.75 Å². The molecule has 21 heavy (non-hydrogen) atoms. The number of hydrogen-bond acceptors (Lipinski definition) is 4. The van der Waals surface area contributed by atoms with Crippen LogP contribution in [0.1, 0.15) is 36.4 Å². The summed E-state index contributed by atoms with van der Waals surface area (Å²) >= 11 is 0. The van der Waals surface area contributed by atoms with Crippen molar-refractivity contribution in [2.24, 2.45) is 0 Å². The van der Waals surface area contributed by atoms with Crippen LogP contribution in [0, 0.1) is 0 Å². The highest BCUT2D eigenvalue weighted by Crippen LogP contribution is 2.38. The van der Waals surface area contributed by atoms with Gasteiger partial charge in [-0.15, -0.1) is 0 Å². The van der Waals surface area contributed by atoms with Gasteiger partial charge in [-0.25, -0.2) is 0 Å². The molecule has 2 unspecified atom stereocenters. The first-order chi connectivity index (χ1) is 10.3. The number of ether oxygens (including phenoxy) is 2. The number of hydrogen-bond donors (Lipinski definition) is 1. The molecule has 0 aliphatic carbocycles. The zero-order valence-electron chi connectivity index (χ0n) is 12.3. The van der Waals surface area contributed by atoms with Gasteiger partial charge in [0, 0.05) is 25.6 Å². The van der Waals surface area contributed by atoms with Crippen LogP contribution >= 0.6 is 0 Å². The Morgan fingerprint density at radius 3 is 3.05 bits per heavy atom. The van der Waals surface area contributed by atoms with Crippen molar-refractivity contribution < 1.29 is 14.6 Å². The van der Waals surface area contributed by atoms with E-state index in [0.717, 1.165) is 51.1 Å². The van der Waals surface area contributed by atoms with E-state index < -0.39 is 0 Å². The molecule has 2 fully saturated rings. The fourth-order valence-corrected chi connectivity index (χ4v) is 3.85. The molecule has 0 aromatic heterocycles. The van der Waals surface area contributed by atoms with E-state index in [0.29, 0.717) is 12.6 Å². The molecule has 4 rings (SSSR count). The second-order valence-corrected chi connectivity index (χ2v) is 6.44. The molecule has 3 aliphatic heterocycles. The summed E-state index contributed by atoms with van der Waals surface area (Å²) in [6.07, 6.45) is 3.90. The Morgan fingerprint density at radius 2 is 2.19 bits per heavy atom. The molecule has 1 aromatic carbocycles. The van der Waals surface area contributed by atoms with Gasteiger partial charge in [0.15, 0.2) is 0 Å². The summed E-state index contributed by atoms with van der Waals surface area (Å²) < 4.78 is 11.4. The third kappa shape index (κ3) is 2.68. The number of nitrogens with zero attached hydrogens (tertiary/aromatic N) is 1. The van der Waals surface area contributed by atoms with E-state index in [1.54, 1.807) is 0 Å². The smallest absolute Gasteiger partial charge is 0.124 e. The summed E-state index contributed by atoms with van der Waals surface area (Å²) in [5.41, 5.74) is 2.77. The Kier molecular flexibility index (Phi) is 3.61. The molecular weight excluding hydrogens is 266 g/mol. The van der Waals surface area contributed by atoms with Gasteiger partial charge in [-0.3, -0.25) is 4.90 Å². The normalized spacial score (nSPS) is 32.5. The first-order valence-corrected chi connectivity index (χ1v) is 8.09. The van der Waals surface area contributed by atoms with Gasteiger partial charge in [0.25, 0.3) is 0 Å². The quantitative estimate of drug-likeness (QED) is 0.903. The Bertz CT molecular complexity index is 513. The van der Waals surface area contributed by atoms with Crippen LogP contribution in [0.4, 0.5) is 0 Å². The number of rotatable bonds is 2. The van der Waals surface area contributed by atoms with Gasteiger partial charge >= 0.3 is 0 Å². The van der Waals surface area contributed by atoms with Crippen molar-refractivity contribution in [3.63, 3.8) is 0 Å².